The highest BCUT2D eigenvalue weighted by molar-refractivity contribution is 7.91. The van der Waals surface area contributed by atoms with Gasteiger partial charge in [-0.1, -0.05) is 17.7 Å². The smallest absolute Gasteiger partial charge is 0.339 e. The van der Waals surface area contributed by atoms with Crippen LogP contribution in [0.25, 0.3) is 0 Å². The summed E-state index contributed by atoms with van der Waals surface area (Å²) in [5.74, 6) is -1.22. The fourth-order valence-electron chi connectivity index (χ4n) is 7.48. The van der Waals surface area contributed by atoms with E-state index in [1.165, 1.54) is 50.4 Å². The molecular formula is C33H33ClFN4O5S+. The lowest BCUT2D eigenvalue weighted by molar-refractivity contribution is -0.126. The number of ether oxygens (including phenoxy) is 1. The van der Waals surface area contributed by atoms with Gasteiger partial charge in [0.25, 0.3) is 5.91 Å². The Hall–Kier alpha value is -3.82. The minimum Gasteiger partial charge on any atom is -0.495 e. The number of piperidine rings is 1. The number of hydrogen-bond donors (Lipinski definition) is 2. The number of benzene rings is 3. The van der Waals surface area contributed by atoms with E-state index in [9.17, 15) is 27.7 Å². The number of carbonyl (C=O) groups excluding carboxylic acids is 2. The van der Waals surface area contributed by atoms with Crippen LogP contribution in [0.2, 0.25) is 5.02 Å². The van der Waals surface area contributed by atoms with Crippen molar-refractivity contribution in [2.45, 2.75) is 55.5 Å². The summed E-state index contributed by atoms with van der Waals surface area (Å²) in [6.45, 7) is 2.64. The van der Waals surface area contributed by atoms with E-state index in [4.69, 9.17) is 16.3 Å². The second-order valence-electron chi connectivity index (χ2n) is 12.0. The zero-order chi connectivity index (χ0) is 32.1. The van der Waals surface area contributed by atoms with Gasteiger partial charge in [-0.05, 0) is 86.8 Å². The van der Waals surface area contributed by atoms with Crippen molar-refractivity contribution in [3.63, 3.8) is 0 Å². The summed E-state index contributed by atoms with van der Waals surface area (Å²) < 4.78 is 47.9. The molecule has 234 valence electrons. The molecule has 0 radical (unpaired) electrons. The van der Waals surface area contributed by atoms with Gasteiger partial charge in [-0.2, -0.15) is 13.7 Å². The molecule has 1 aliphatic carbocycles. The summed E-state index contributed by atoms with van der Waals surface area (Å²) in [5.41, 5.74) is 1.24. The van der Waals surface area contributed by atoms with E-state index >= 15 is 0 Å². The topological polar surface area (TPSA) is 125 Å². The summed E-state index contributed by atoms with van der Waals surface area (Å²) in [6, 6.07) is 14.3. The molecule has 0 aromatic heterocycles. The van der Waals surface area contributed by atoms with E-state index < -0.39 is 43.0 Å². The number of methoxy groups -OCH3 is 1. The number of rotatable bonds is 7. The van der Waals surface area contributed by atoms with Crippen LogP contribution in [0.1, 0.15) is 59.7 Å². The minimum absolute atomic E-state index is 0.0271. The lowest BCUT2D eigenvalue weighted by Gasteiger charge is -2.43. The zero-order valence-electron chi connectivity index (χ0n) is 24.9. The fraction of sp³-hybridized carbons (Fsp3) is 0.364. The van der Waals surface area contributed by atoms with Crippen molar-refractivity contribution < 1.29 is 27.1 Å². The van der Waals surface area contributed by atoms with Crippen LogP contribution in [0, 0.1) is 23.1 Å². The van der Waals surface area contributed by atoms with Crippen LogP contribution in [-0.2, 0) is 26.8 Å². The lowest BCUT2D eigenvalue weighted by atomic mass is 9.68. The number of sulfonamides is 1. The number of nitrogens with zero attached hydrogens (tertiary/aromatic N) is 2. The van der Waals surface area contributed by atoms with Crippen LogP contribution in [0.3, 0.4) is 0 Å². The Bertz CT molecular complexity index is 1870. The average molecular weight is 652 g/mol. The van der Waals surface area contributed by atoms with Gasteiger partial charge in [-0.3, -0.25) is 4.79 Å². The Morgan fingerprint density at radius 1 is 1.13 bits per heavy atom. The molecule has 3 aliphatic rings. The van der Waals surface area contributed by atoms with Crippen molar-refractivity contribution in [1.29, 1.82) is 5.26 Å². The van der Waals surface area contributed by atoms with Crippen LogP contribution in [0.4, 0.5) is 10.1 Å². The highest BCUT2D eigenvalue weighted by Gasteiger charge is 2.73. The highest BCUT2D eigenvalue weighted by Crippen LogP contribution is 2.62. The molecule has 12 heteroatoms. The number of nitrogens with one attached hydrogen (secondary N) is 2. The number of fused-ring (bicyclic) bond motifs is 2. The van der Waals surface area contributed by atoms with Crippen molar-refractivity contribution in [3.05, 3.63) is 87.7 Å². The van der Waals surface area contributed by atoms with Crippen molar-refractivity contribution in [2.75, 3.05) is 20.2 Å². The molecule has 1 saturated carbocycles. The van der Waals surface area contributed by atoms with Gasteiger partial charge < -0.3 is 15.4 Å². The van der Waals surface area contributed by atoms with Gasteiger partial charge in [0.15, 0.2) is 5.69 Å². The Labute approximate surface area is 266 Å². The molecule has 2 aliphatic heterocycles. The molecule has 2 amide bonds. The molecule has 6 rings (SSSR count). The Balaban J connectivity index is 1.51. The molecule has 0 bridgehead atoms. The van der Waals surface area contributed by atoms with Gasteiger partial charge in [0.1, 0.15) is 28.6 Å². The van der Waals surface area contributed by atoms with Gasteiger partial charge in [0.05, 0.1) is 25.0 Å². The molecule has 3 aromatic rings. The van der Waals surface area contributed by atoms with E-state index in [0.717, 1.165) is 12.8 Å². The van der Waals surface area contributed by atoms with Crippen molar-refractivity contribution in [3.8, 4) is 11.8 Å². The van der Waals surface area contributed by atoms with Crippen LogP contribution >= 0.6 is 11.6 Å². The highest BCUT2D eigenvalue weighted by atomic mass is 35.5. The summed E-state index contributed by atoms with van der Waals surface area (Å²) in [6.07, 6.45) is 2.75. The standard InChI is InChI=1S/C33H32ClFN4O5S/c1-20(40)39(45(42,43)26-8-10-30(44-2)24(15-26)18-36)29-9-6-22(32(41)38-19-23-5-7-25(35)17-28(23)34)16-27(29)33(11-13-37-14-12-33)31(39)21-3-4-21/h5-10,15-17,21,31,37H,3-4,11-14,19H2,1-2H3/p+1. The molecule has 2 atom stereocenters. The van der Waals surface area contributed by atoms with Crippen LogP contribution in [0.15, 0.2) is 59.5 Å². The van der Waals surface area contributed by atoms with Crippen LogP contribution in [-0.4, -0.2) is 46.5 Å². The van der Waals surface area contributed by atoms with Gasteiger partial charge in [-0.15, -0.1) is 3.89 Å². The molecule has 9 nitrogen and oxygen atoms in total. The molecule has 3 aromatic carbocycles. The van der Waals surface area contributed by atoms with E-state index in [1.54, 1.807) is 18.2 Å². The van der Waals surface area contributed by atoms with Crippen molar-refractivity contribution >= 4 is 39.1 Å². The second-order valence-corrected chi connectivity index (χ2v) is 14.4. The summed E-state index contributed by atoms with van der Waals surface area (Å²) in [4.78, 5) is 27.4. The minimum atomic E-state index is -4.47. The monoisotopic (exact) mass is 651 g/mol. The third kappa shape index (κ3) is 4.82. The number of quaternary nitrogens is 1. The van der Waals surface area contributed by atoms with Crippen LogP contribution in [0.5, 0.6) is 5.75 Å². The van der Waals surface area contributed by atoms with Gasteiger partial charge in [0.2, 0.25) is 0 Å². The Kier molecular flexibility index (Phi) is 7.98. The molecular weight excluding hydrogens is 619 g/mol. The first kappa shape index (κ1) is 31.2. The lowest BCUT2D eigenvalue weighted by Crippen LogP contribution is -2.67. The summed E-state index contributed by atoms with van der Waals surface area (Å²) in [7, 11) is -3.07. The SMILES string of the molecule is COc1ccc(S(=O)(=O)[N+]2(C(C)=O)c3ccc(C(=O)NCc4ccc(F)cc4Cl)cc3C3(CCNCC3)C2C2CC2)cc1C#N. The first-order chi connectivity index (χ1) is 21.5. The van der Waals surface area contributed by atoms with E-state index in [1.807, 2.05) is 6.07 Å². The fourth-order valence-corrected chi connectivity index (χ4v) is 9.98. The zero-order valence-corrected chi connectivity index (χ0v) is 26.5. The predicted molar refractivity (Wildman–Crippen MR) is 167 cm³/mol. The maximum Gasteiger partial charge on any atom is 0.339 e. The van der Waals surface area contributed by atoms with Gasteiger partial charge in [-0.25, -0.2) is 9.18 Å². The summed E-state index contributed by atoms with van der Waals surface area (Å²) >= 11 is 6.16. The molecule has 1 spiro atoms. The van der Waals surface area contributed by atoms with Crippen LogP contribution < -0.4 is 19.3 Å². The molecule has 2 N–H and O–H groups in total. The largest absolute Gasteiger partial charge is 0.495 e. The third-order valence-corrected chi connectivity index (χ3v) is 12.2. The van der Waals surface area contributed by atoms with E-state index in [-0.39, 0.29) is 33.7 Å². The molecule has 2 heterocycles. The molecule has 2 fully saturated rings. The number of carbonyl (C=O) groups is 2. The maximum absolute atomic E-state index is 15.0. The van der Waals surface area contributed by atoms with Crippen molar-refractivity contribution in [1.82, 2.24) is 14.5 Å². The first-order valence-corrected chi connectivity index (χ1v) is 16.6. The number of halogens is 2. The molecule has 2 unspecified atom stereocenters. The quantitative estimate of drug-likeness (QED) is 0.347. The average Bonchev–Trinajstić information content (AvgIpc) is 3.84. The molecule has 1 saturated heterocycles. The Morgan fingerprint density at radius 2 is 1.87 bits per heavy atom. The van der Waals surface area contributed by atoms with Gasteiger partial charge >= 0.3 is 15.9 Å². The van der Waals surface area contributed by atoms with Gasteiger partial charge in [0, 0.05) is 34.7 Å². The molecule has 45 heavy (non-hydrogen) atoms. The normalized spacial score (nSPS) is 22.0. The van der Waals surface area contributed by atoms with E-state index in [2.05, 4.69) is 10.6 Å². The van der Waals surface area contributed by atoms with Crippen molar-refractivity contribution in [2.24, 2.45) is 5.92 Å². The first-order valence-electron chi connectivity index (χ1n) is 14.8. The number of amides is 2. The maximum atomic E-state index is 15.0. The summed E-state index contributed by atoms with van der Waals surface area (Å²) in [5, 5.41) is 16.2. The Morgan fingerprint density at radius 3 is 2.49 bits per heavy atom. The third-order valence-electron chi connectivity index (χ3n) is 9.57. The predicted octanol–water partition coefficient (Wildman–Crippen LogP) is 4.95. The van der Waals surface area contributed by atoms with E-state index in [0.29, 0.717) is 48.3 Å². The number of nitriles is 1. The number of hydrogen-bond acceptors (Lipinski definition) is 7. The second kappa shape index (κ2) is 11.5.